The molecule has 4 nitrogen and oxygen atoms in total. The zero-order valence-corrected chi connectivity index (χ0v) is 20.3. The number of nitrogens with zero attached hydrogens (tertiary/aromatic N) is 2. The highest BCUT2D eigenvalue weighted by Crippen LogP contribution is 2.13. The van der Waals surface area contributed by atoms with Gasteiger partial charge in [-0.25, -0.2) is 0 Å². The number of ether oxygens (including phenoxy) is 1. The molecule has 0 bridgehead atoms. The predicted octanol–water partition coefficient (Wildman–Crippen LogP) is 3.54. The summed E-state index contributed by atoms with van der Waals surface area (Å²) in [5, 5.41) is 0. The molecule has 32 heavy (non-hydrogen) atoms. The van der Waals surface area contributed by atoms with Gasteiger partial charge < -0.3 is 4.74 Å². The first-order chi connectivity index (χ1) is 15.6. The summed E-state index contributed by atoms with van der Waals surface area (Å²) in [6.07, 6.45) is 8.30. The molecule has 0 radical (unpaired) electrons. The van der Waals surface area contributed by atoms with E-state index in [1.165, 1.54) is 9.40 Å². The molecule has 2 aromatic heterocycles. The lowest BCUT2D eigenvalue weighted by Crippen LogP contribution is -2.32. The van der Waals surface area contributed by atoms with Gasteiger partial charge in [0.15, 0.2) is 0 Å². The first-order valence-electron chi connectivity index (χ1n) is 10.7. The summed E-state index contributed by atoms with van der Waals surface area (Å²) in [4.78, 5) is 0. The van der Waals surface area contributed by atoms with Crippen molar-refractivity contribution < 1.29 is 17.6 Å². The second-order valence-corrected chi connectivity index (χ2v) is 9.80. The average Bonchev–Trinajstić information content (AvgIpc) is 3.31. The highest BCUT2D eigenvalue weighted by atomic mass is 32.1. The molecule has 2 heterocycles. The zero-order valence-electron chi connectivity index (χ0n) is 18.6. The van der Waals surface area contributed by atoms with Crippen LogP contribution in [0.4, 0.5) is 0 Å². The molecule has 0 saturated heterocycles. The number of unbranched alkanes of at least 4 members (excludes halogenated alkanes) is 1. The van der Waals surface area contributed by atoms with Gasteiger partial charge in [0.05, 0.1) is 12.5 Å². The molecule has 0 saturated carbocycles. The third kappa shape index (κ3) is 4.88. The van der Waals surface area contributed by atoms with Gasteiger partial charge in [0.25, 0.3) is 16.4 Å². The van der Waals surface area contributed by atoms with Crippen molar-refractivity contribution in [3.8, 4) is 0 Å². The number of hydrogen-bond acceptors (Lipinski definition) is 3. The predicted molar refractivity (Wildman–Crippen MR) is 134 cm³/mol. The first kappa shape index (κ1) is 22.5. The Morgan fingerprint density at radius 1 is 0.969 bits per heavy atom. The van der Waals surface area contributed by atoms with E-state index in [9.17, 15) is 0 Å². The molecule has 0 fully saturated rings. The maximum absolute atomic E-state index is 5.74. The van der Waals surface area contributed by atoms with Gasteiger partial charge in [-0.15, -0.1) is 0 Å². The number of methoxy groups -OCH3 is 1. The molecule has 2 aromatic carbocycles. The number of aromatic nitrogens is 2. The summed E-state index contributed by atoms with van der Waals surface area (Å²) in [7, 11) is 3.52. The van der Waals surface area contributed by atoms with E-state index in [1.54, 1.807) is 36.9 Å². The smallest absolute Gasteiger partial charge is 0.326 e. The van der Waals surface area contributed by atoms with Gasteiger partial charge in [-0.2, -0.15) is 8.49 Å². The van der Waals surface area contributed by atoms with Crippen LogP contribution < -0.4 is 17.8 Å². The van der Waals surface area contributed by atoms with Crippen molar-refractivity contribution in [3.63, 3.8) is 0 Å². The Kier molecular flexibility index (Phi) is 7.25. The maximum atomic E-state index is 5.74. The van der Waals surface area contributed by atoms with Crippen molar-refractivity contribution in [1.29, 1.82) is 0 Å². The van der Waals surface area contributed by atoms with E-state index < -0.39 is 0 Å². The SMILES string of the molecule is C=[n+]1/c(=C/C(CCCCC(/C=c2/sc3ccccc3[n+]2=C)OC)=[O+]C)sc2ccccc21. The summed E-state index contributed by atoms with van der Waals surface area (Å²) < 4.78 is 20.1. The fourth-order valence-corrected chi connectivity index (χ4v) is 5.92. The van der Waals surface area contributed by atoms with Crippen molar-refractivity contribution in [2.45, 2.75) is 31.8 Å². The average molecular weight is 466 g/mol. The summed E-state index contributed by atoms with van der Waals surface area (Å²) in [5.41, 5.74) is 2.29. The Balaban J connectivity index is 1.40. The number of hydrogen-bond donors (Lipinski definition) is 0. The van der Waals surface area contributed by atoms with Gasteiger partial charge in [0.2, 0.25) is 11.0 Å². The molecule has 164 valence electrons. The van der Waals surface area contributed by atoms with Gasteiger partial charge in [-0.05, 0) is 31.4 Å². The molecule has 0 aliphatic heterocycles. The van der Waals surface area contributed by atoms with Crippen LogP contribution in [0.2, 0.25) is 0 Å². The lowest BCUT2D eigenvalue weighted by molar-refractivity contribution is -0.477. The number of fused-ring (bicyclic) bond motifs is 2. The quantitative estimate of drug-likeness (QED) is 0.223. The summed E-state index contributed by atoms with van der Waals surface area (Å²) in [6, 6.07) is 16.7. The number of thiazole rings is 2. The maximum Gasteiger partial charge on any atom is 0.326 e. The lowest BCUT2D eigenvalue weighted by atomic mass is 10.1. The molecule has 0 amide bonds. The van der Waals surface area contributed by atoms with E-state index in [2.05, 4.69) is 62.0 Å². The van der Waals surface area contributed by atoms with E-state index in [0.29, 0.717) is 0 Å². The molecule has 4 aromatic rings. The van der Waals surface area contributed by atoms with E-state index >= 15 is 0 Å². The minimum atomic E-state index is 0.0654. The Morgan fingerprint density at radius 3 is 2.16 bits per heavy atom. The largest absolute Gasteiger partial charge is 0.377 e. The second-order valence-electron chi connectivity index (χ2n) is 7.67. The number of para-hydroxylation sites is 2. The van der Waals surface area contributed by atoms with Gasteiger partial charge in [-0.3, -0.25) is 4.42 Å². The number of carbonyl (C=O) groups excluding carboxylic acids is 1. The van der Waals surface area contributed by atoms with E-state index in [1.807, 2.05) is 20.6 Å². The summed E-state index contributed by atoms with van der Waals surface area (Å²) in [5.74, 6) is 0.979. The van der Waals surface area contributed by atoms with E-state index in [-0.39, 0.29) is 6.10 Å². The number of benzene rings is 2. The van der Waals surface area contributed by atoms with Crippen molar-refractivity contribution in [1.82, 2.24) is 0 Å². The number of rotatable bonds is 8. The molecule has 0 N–H and O–H groups in total. The number of ketones is 1. The summed E-state index contributed by atoms with van der Waals surface area (Å²) >= 11 is 3.48. The Labute approximate surface area is 195 Å². The second kappa shape index (κ2) is 10.3. The fourth-order valence-electron chi connectivity index (χ4n) is 3.78. The third-order valence-corrected chi connectivity index (χ3v) is 7.86. The lowest BCUT2D eigenvalue weighted by Gasteiger charge is -2.08. The highest BCUT2D eigenvalue weighted by molar-refractivity contribution is 7.16. The minimum Gasteiger partial charge on any atom is -0.377 e. The van der Waals surface area contributed by atoms with Crippen LogP contribution in [0.5, 0.6) is 0 Å². The van der Waals surface area contributed by atoms with Crippen LogP contribution in [0.15, 0.2) is 48.5 Å². The molecule has 6 heteroatoms. The van der Waals surface area contributed by atoms with Crippen LogP contribution >= 0.6 is 22.7 Å². The van der Waals surface area contributed by atoms with Gasteiger partial charge in [0, 0.05) is 25.3 Å². The normalized spacial score (nSPS) is 14.6. The molecule has 0 spiro atoms. The Morgan fingerprint density at radius 2 is 1.56 bits per heavy atom. The van der Waals surface area contributed by atoms with Crippen molar-refractivity contribution >= 4 is 61.0 Å². The molecule has 4 rings (SSSR count). The van der Waals surface area contributed by atoms with Gasteiger partial charge in [-0.1, -0.05) is 46.9 Å². The molecular formula is C26H29N2O2S2+3. The van der Waals surface area contributed by atoms with Crippen LogP contribution in [0, 0.1) is 13.4 Å². The van der Waals surface area contributed by atoms with Gasteiger partial charge in [0.1, 0.15) is 28.9 Å². The molecular weight excluding hydrogens is 436 g/mol. The minimum absolute atomic E-state index is 0.0654. The van der Waals surface area contributed by atoms with Crippen molar-refractivity contribution in [2.24, 2.45) is 0 Å². The van der Waals surface area contributed by atoms with Crippen LogP contribution in [-0.2, 0) is 9.16 Å². The van der Waals surface area contributed by atoms with Crippen molar-refractivity contribution in [3.05, 3.63) is 71.3 Å². The molecule has 0 aliphatic rings. The molecule has 1 atom stereocenters. The fraction of sp³-hybridized carbons (Fsp3) is 0.269. The molecule has 1 unspecified atom stereocenters. The Bertz CT molecular complexity index is 1480. The van der Waals surface area contributed by atoms with E-state index in [0.717, 1.165) is 51.8 Å². The first-order valence-corrected chi connectivity index (χ1v) is 12.3. The topological polar surface area (TPSA) is 32.3 Å². The zero-order chi connectivity index (χ0) is 22.5. The Hall–Kier alpha value is -2.67. The highest BCUT2D eigenvalue weighted by Gasteiger charge is 2.15. The third-order valence-electron chi connectivity index (χ3n) is 5.61. The monoisotopic (exact) mass is 465 g/mol. The van der Waals surface area contributed by atoms with Crippen LogP contribution in [0.25, 0.3) is 32.6 Å². The van der Waals surface area contributed by atoms with Crippen LogP contribution in [-0.4, -0.2) is 26.1 Å². The van der Waals surface area contributed by atoms with Crippen molar-refractivity contribution in [2.75, 3.05) is 14.2 Å². The van der Waals surface area contributed by atoms with Crippen LogP contribution in [0.1, 0.15) is 25.7 Å². The summed E-state index contributed by atoms with van der Waals surface area (Å²) in [6.45, 7) is 8.39. The van der Waals surface area contributed by atoms with Gasteiger partial charge >= 0.3 is 5.78 Å². The standard InChI is InChI=1S/C26H29N2O2S2/c1-27-21-13-7-9-15-23(21)31-25(27)17-19(29-3)11-5-6-12-20(30-4)18-26-28(2)22-14-8-10-16-24(22)32-26/h7-10,13-19H,1-2,5-6,11-12H2,3-4H3/q+3/b25-17+,26-18-. The molecule has 0 aliphatic carbocycles. The van der Waals surface area contributed by atoms with Crippen LogP contribution in [0.3, 0.4) is 0 Å². The van der Waals surface area contributed by atoms with E-state index in [4.69, 9.17) is 9.16 Å².